The summed E-state index contributed by atoms with van der Waals surface area (Å²) in [6.45, 7) is 0.408. The summed E-state index contributed by atoms with van der Waals surface area (Å²) in [4.78, 5) is 10.5. The van der Waals surface area contributed by atoms with Crippen molar-refractivity contribution in [2.24, 2.45) is 0 Å². The number of ether oxygens (including phenoxy) is 1. The average molecular weight is 293 g/mol. The third-order valence-corrected chi connectivity index (χ3v) is 3.05. The molecule has 0 unspecified atom stereocenters. The first-order valence-electron chi connectivity index (χ1n) is 5.91. The largest absolute Gasteiger partial charge is 0.496 e. The lowest BCUT2D eigenvalue weighted by Gasteiger charge is -2.10. The van der Waals surface area contributed by atoms with Gasteiger partial charge in [-0.1, -0.05) is 29.8 Å². The molecule has 0 radical (unpaired) electrons. The van der Waals surface area contributed by atoms with Gasteiger partial charge in [0.05, 0.1) is 12.0 Å². The Labute approximate surface area is 121 Å². The number of nitrogens with zero attached hydrogens (tertiary/aromatic N) is 1. The molecule has 1 N–H and O–H groups in total. The first-order chi connectivity index (χ1) is 9.61. The highest BCUT2D eigenvalue weighted by atomic mass is 35.5. The van der Waals surface area contributed by atoms with E-state index in [1.165, 1.54) is 18.2 Å². The summed E-state index contributed by atoms with van der Waals surface area (Å²) in [5, 5.41) is 14.4. The summed E-state index contributed by atoms with van der Waals surface area (Å²) in [6, 6.07) is 11.9. The topological polar surface area (TPSA) is 64.4 Å². The highest BCUT2D eigenvalue weighted by Gasteiger charge is 2.14. The van der Waals surface area contributed by atoms with Crippen molar-refractivity contribution < 1.29 is 9.66 Å². The summed E-state index contributed by atoms with van der Waals surface area (Å²) in [5.41, 5.74) is 1.28. The Morgan fingerprint density at radius 2 is 2.05 bits per heavy atom. The molecule has 0 heterocycles. The smallest absolute Gasteiger partial charge is 0.292 e. The SMILES string of the molecule is COc1ccccc1CNc1cc(Cl)ccc1[N+](=O)[O-]. The van der Waals surface area contributed by atoms with Gasteiger partial charge in [-0.2, -0.15) is 0 Å². The number of halogens is 1. The number of para-hydroxylation sites is 1. The van der Waals surface area contributed by atoms with Crippen LogP contribution >= 0.6 is 11.6 Å². The first kappa shape index (κ1) is 14.1. The second-order valence-electron chi connectivity index (χ2n) is 4.08. The predicted octanol–water partition coefficient (Wildman–Crippen LogP) is 3.87. The molecule has 0 aliphatic heterocycles. The maximum atomic E-state index is 11.0. The van der Waals surface area contributed by atoms with Crippen molar-refractivity contribution in [3.63, 3.8) is 0 Å². The molecule has 0 aliphatic carbocycles. The standard InChI is InChI=1S/C14H13ClN2O3/c1-20-14-5-3-2-4-10(14)9-16-12-8-11(15)6-7-13(12)17(18)19/h2-8,16H,9H2,1H3. The molecule has 6 heteroatoms. The fraction of sp³-hybridized carbons (Fsp3) is 0.143. The van der Waals surface area contributed by atoms with Crippen molar-refractivity contribution in [2.45, 2.75) is 6.54 Å². The van der Waals surface area contributed by atoms with Crippen molar-refractivity contribution in [1.29, 1.82) is 0 Å². The van der Waals surface area contributed by atoms with Gasteiger partial charge in [0, 0.05) is 23.2 Å². The van der Waals surface area contributed by atoms with Crippen molar-refractivity contribution >= 4 is 23.0 Å². The zero-order valence-corrected chi connectivity index (χ0v) is 11.6. The van der Waals surface area contributed by atoms with Crippen molar-refractivity contribution in [2.75, 3.05) is 12.4 Å². The van der Waals surface area contributed by atoms with Gasteiger partial charge in [0.25, 0.3) is 5.69 Å². The van der Waals surface area contributed by atoms with E-state index in [9.17, 15) is 10.1 Å². The van der Waals surface area contributed by atoms with Crippen LogP contribution in [0, 0.1) is 10.1 Å². The third-order valence-electron chi connectivity index (χ3n) is 2.82. The Morgan fingerprint density at radius 1 is 1.30 bits per heavy atom. The van der Waals surface area contributed by atoms with Crippen LogP contribution in [0.25, 0.3) is 0 Å². The fourth-order valence-electron chi connectivity index (χ4n) is 1.85. The van der Waals surface area contributed by atoms with E-state index in [-0.39, 0.29) is 5.69 Å². The number of methoxy groups -OCH3 is 1. The Hall–Kier alpha value is -2.27. The molecule has 0 fully saturated rings. The highest BCUT2D eigenvalue weighted by Crippen LogP contribution is 2.28. The molecule has 0 atom stereocenters. The molecule has 2 aromatic rings. The van der Waals surface area contributed by atoms with Crippen LogP contribution in [0.1, 0.15) is 5.56 Å². The van der Waals surface area contributed by atoms with Crippen LogP contribution in [0.4, 0.5) is 11.4 Å². The summed E-state index contributed by atoms with van der Waals surface area (Å²) >= 11 is 5.87. The van der Waals surface area contributed by atoms with Crippen LogP contribution in [0.2, 0.25) is 5.02 Å². The van der Waals surface area contributed by atoms with Gasteiger partial charge < -0.3 is 10.1 Å². The number of nitro benzene ring substituents is 1. The lowest BCUT2D eigenvalue weighted by molar-refractivity contribution is -0.384. The molecule has 0 bridgehead atoms. The van der Waals surface area contributed by atoms with E-state index in [2.05, 4.69) is 5.32 Å². The van der Waals surface area contributed by atoms with Crippen molar-refractivity contribution in [3.05, 3.63) is 63.2 Å². The lowest BCUT2D eigenvalue weighted by Crippen LogP contribution is -2.04. The number of nitro groups is 1. The third kappa shape index (κ3) is 3.19. The number of nitrogens with one attached hydrogen (secondary N) is 1. The van der Waals surface area contributed by atoms with Crippen LogP contribution in [0.5, 0.6) is 5.75 Å². The summed E-state index contributed by atoms with van der Waals surface area (Å²) in [7, 11) is 1.58. The highest BCUT2D eigenvalue weighted by molar-refractivity contribution is 6.31. The van der Waals surface area contributed by atoms with Gasteiger partial charge in [0.15, 0.2) is 0 Å². The first-order valence-corrected chi connectivity index (χ1v) is 6.29. The normalized spacial score (nSPS) is 10.1. The molecule has 20 heavy (non-hydrogen) atoms. The molecular formula is C14H13ClN2O3. The average Bonchev–Trinajstić information content (AvgIpc) is 2.45. The Morgan fingerprint density at radius 3 is 2.75 bits per heavy atom. The van der Waals surface area contributed by atoms with E-state index in [4.69, 9.17) is 16.3 Å². The minimum absolute atomic E-state index is 0.00991. The number of hydrogen-bond acceptors (Lipinski definition) is 4. The minimum Gasteiger partial charge on any atom is -0.496 e. The van der Waals surface area contributed by atoms with E-state index in [1.807, 2.05) is 24.3 Å². The summed E-state index contributed by atoms with van der Waals surface area (Å²) in [6.07, 6.45) is 0. The van der Waals surface area contributed by atoms with Crippen LogP contribution in [0.15, 0.2) is 42.5 Å². The monoisotopic (exact) mass is 292 g/mol. The van der Waals surface area contributed by atoms with Crippen LogP contribution in [-0.4, -0.2) is 12.0 Å². The maximum absolute atomic E-state index is 11.0. The summed E-state index contributed by atoms with van der Waals surface area (Å²) in [5.74, 6) is 0.727. The van der Waals surface area contributed by atoms with Crippen LogP contribution in [0.3, 0.4) is 0 Å². The molecule has 0 amide bonds. The van der Waals surface area contributed by atoms with Crippen molar-refractivity contribution in [3.8, 4) is 5.75 Å². The fourth-order valence-corrected chi connectivity index (χ4v) is 2.02. The molecule has 5 nitrogen and oxygen atoms in total. The second kappa shape index (κ2) is 6.25. The molecule has 2 aromatic carbocycles. The van der Waals surface area contributed by atoms with Gasteiger partial charge in [-0.05, 0) is 18.2 Å². The van der Waals surface area contributed by atoms with E-state index in [0.29, 0.717) is 17.3 Å². The molecule has 0 spiro atoms. The van der Waals surface area contributed by atoms with Crippen LogP contribution in [-0.2, 0) is 6.54 Å². The zero-order valence-electron chi connectivity index (χ0n) is 10.8. The molecule has 2 rings (SSSR count). The van der Waals surface area contributed by atoms with E-state index in [1.54, 1.807) is 7.11 Å². The number of hydrogen-bond donors (Lipinski definition) is 1. The molecule has 0 saturated heterocycles. The summed E-state index contributed by atoms with van der Waals surface area (Å²) < 4.78 is 5.24. The quantitative estimate of drug-likeness (QED) is 0.671. The minimum atomic E-state index is -0.444. The second-order valence-corrected chi connectivity index (χ2v) is 4.52. The van der Waals surface area contributed by atoms with E-state index in [0.717, 1.165) is 11.3 Å². The maximum Gasteiger partial charge on any atom is 0.292 e. The Kier molecular flexibility index (Phi) is 4.42. The van der Waals surface area contributed by atoms with Crippen LogP contribution < -0.4 is 10.1 Å². The Balaban J connectivity index is 2.22. The van der Waals surface area contributed by atoms with E-state index >= 15 is 0 Å². The molecular weight excluding hydrogens is 280 g/mol. The molecule has 104 valence electrons. The number of rotatable bonds is 5. The zero-order chi connectivity index (χ0) is 14.5. The predicted molar refractivity (Wildman–Crippen MR) is 78.4 cm³/mol. The molecule has 0 aliphatic rings. The van der Waals surface area contributed by atoms with Gasteiger partial charge in [-0.3, -0.25) is 10.1 Å². The van der Waals surface area contributed by atoms with Gasteiger partial charge in [-0.25, -0.2) is 0 Å². The van der Waals surface area contributed by atoms with Gasteiger partial charge in [0.1, 0.15) is 11.4 Å². The van der Waals surface area contributed by atoms with Gasteiger partial charge in [-0.15, -0.1) is 0 Å². The molecule has 0 aromatic heterocycles. The number of anilines is 1. The Bertz CT molecular complexity index is 632. The van der Waals surface area contributed by atoms with Gasteiger partial charge in [0.2, 0.25) is 0 Å². The number of benzene rings is 2. The molecule has 0 saturated carbocycles. The van der Waals surface area contributed by atoms with Crippen molar-refractivity contribution in [1.82, 2.24) is 0 Å². The van der Waals surface area contributed by atoms with E-state index < -0.39 is 4.92 Å². The lowest BCUT2D eigenvalue weighted by atomic mass is 10.2. The van der Waals surface area contributed by atoms with Gasteiger partial charge >= 0.3 is 0 Å².